The fraction of sp³-hybridized carbons (Fsp3) is 0.400. The quantitative estimate of drug-likeness (QED) is 0.793. The van der Waals surface area contributed by atoms with Crippen LogP contribution < -0.4 is 4.74 Å². The number of rotatable bonds is 4. The lowest BCUT2D eigenvalue weighted by Crippen LogP contribution is -2.54. The van der Waals surface area contributed by atoms with E-state index in [4.69, 9.17) is 9.47 Å². The highest BCUT2D eigenvalue weighted by Gasteiger charge is 2.38. The van der Waals surface area contributed by atoms with Gasteiger partial charge in [0.05, 0.1) is 6.61 Å². The Morgan fingerprint density at radius 1 is 0.880 bits per heavy atom. The third kappa shape index (κ3) is 4.02. The number of aliphatic hydroxyl groups excluding tert-OH is 3. The second-order valence-corrected chi connectivity index (χ2v) is 6.67. The summed E-state index contributed by atoms with van der Waals surface area (Å²) in [6.45, 7) is 4.25. The number of hydrogen-bond acceptors (Lipinski definition) is 5. The van der Waals surface area contributed by atoms with Crippen molar-refractivity contribution in [3.05, 3.63) is 54.1 Å². The monoisotopic (exact) mass is 344 g/mol. The Balaban J connectivity index is 1.68. The predicted octanol–water partition coefficient (Wildman–Crippen LogP) is 2.29. The summed E-state index contributed by atoms with van der Waals surface area (Å²) in [6.07, 6.45) is -4.69. The van der Waals surface area contributed by atoms with Crippen LogP contribution in [0.25, 0.3) is 11.1 Å². The minimum atomic E-state index is -1.30. The molecule has 0 aliphatic carbocycles. The molecule has 5 heteroatoms. The van der Waals surface area contributed by atoms with Gasteiger partial charge >= 0.3 is 0 Å². The molecule has 0 aromatic heterocycles. The maximum Gasteiger partial charge on any atom is 0.228 e. The molecular weight excluding hydrogens is 320 g/mol. The van der Waals surface area contributed by atoms with Crippen LogP contribution in [0.1, 0.15) is 25.3 Å². The first kappa shape index (κ1) is 17.9. The molecular formula is C20H24O5. The number of ether oxygens (including phenoxy) is 2. The van der Waals surface area contributed by atoms with Gasteiger partial charge in [0.15, 0.2) is 0 Å². The van der Waals surface area contributed by atoms with Gasteiger partial charge in [0, 0.05) is 0 Å². The summed E-state index contributed by atoms with van der Waals surface area (Å²) in [5.74, 6) is 1.02. The van der Waals surface area contributed by atoms with Gasteiger partial charge in [-0.05, 0) is 34.7 Å². The van der Waals surface area contributed by atoms with Crippen molar-refractivity contribution in [3.63, 3.8) is 0 Å². The van der Waals surface area contributed by atoms with E-state index in [9.17, 15) is 15.3 Å². The highest BCUT2D eigenvalue weighted by molar-refractivity contribution is 5.64. The van der Waals surface area contributed by atoms with Crippen LogP contribution in [0.15, 0.2) is 48.5 Å². The normalized spacial score (nSPS) is 26.6. The molecule has 2 aromatic carbocycles. The summed E-state index contributed by atoms with van der Waals surface area (Å²) in [4.78, 5) is 0. The number of benzene rings is 2. The summed E-state index contributed by atoms with van der Waals surface area (Å²) in [5.41, 5.74) is 3.47. The van der Waals surface area contributed by atoms with Crippen molar-refractivity contribution >= 4 is 0 Å². The molecule has 2 aromatic rings. The van der Waals surface area contributed by atoms with Crippen molar-refractivity contribution in [3.8, 4) is 16.9 Å². The molecule has 0 amide bonds. The molecule has 3 rings (SSSR count). The van der Waals surface area contributed by atoms with Crippen molar-refractivity contribution in [1.82, 2.24) is 0 Å². The second kappa shape index (κ2) is 7.54. The van der Waals surface area contributed by atoms with Gasteiger partial charge in [0.25, 0.3) is 0 Å². The highest BCUT2D eigenvalue weighted by Crippen LogP contribution is 2.26. The zero-order chi connectivity index (χ0) is 18.0. The average molecular weight is 344 g/mol. The molecule has 0 unspecified atom stereocenters. The first-order chi connectivity index (χ1) is 12.0. The zero-order valence-electron chi connectivity index (χ0n) is 14.4. The summed E-state index contributed by atoms with van der Waals surface area (Å²) in [7, 11) is 0. The molecule has 1 saturated heterocycles. The van der Waals surface area contributed by atoms with Crippen molar-refractivity contribution in [2.45, 2.75) is 44.4 Å². The first-order valence-electron chi connectivity index (χ1n) is 8.48. The Morgan fingerprint density at radius 2 is 1.44 bits per heavy atom. The lowest BCUT2D eigenvalue weighted by Gasteiger charge is -2.34. The SMILES string of the molecule is CC(C)c1ccc(-c2ccc(O[C@H]3OC[C@H](O)[C@H](O)[C@H]3O)cc2)cc1. The molecule has 1 aliphatic rings. The first-order valence-corrected chi connectivity index (χ1v) is 8.48. The van der Waals surface area contributed by atoms with Crippen LogP contribution in [0, 0.1) is 0 Å². The van der Waals surface area contributed by atoms with Crippen LogP contribution >= 0.6 is 0 Å². The van der Waals surface area contributed by atoms with Gasteiger partial charge in [-0.3, -0.25) is 0 Å². The van der Waals surface area contributed by atoms with Crippen LogP contribution in [0.2, 0.25) is 0 Å². The Labute approximate surface area is 147 Å². The van der Waals surface area contributed by atoms with Crippen molar-refractivity contribution < 1.29 is 24.8 Å². The highest BCUT2D eigenvalue weighted by atomic mass is 16.7. The van der Waals surface area contributed by atoms with Crippen LogP contribution in [0.4, 0.5) is 0 Å². The Bertz CT molecular complexity index is 680. The van der Waals surface area contributed by atoms with E-state index < -0.39 is 24.6 Å². The zero-order valence-corrected chi connectivity index (χ0v) is 14.4. The molecule has 1 fully saturated rings. The maximum atomic E-state index is 9.91. The number of aliphatic hydroxyl groups is 3. The van der Waals surface area contributed by atoms with Gasteiger partial charge in [0.2, 0.25) is 6.29 Å². The van der Waals surface area contributed by atoms with Crippen LogP contribution in [0.5, 0.6) is 5.75 Å². The van der Waals surface area contributed by atoms with E-state index in [0.29, 0.717) is 11.7 Å². The summed E-state index contributed by atoms with van der Waals surface area (Å²) >= 11 is 0. The van der Waals surface area contributed by atoms with E-state index >= 15 is 0 Å². The topological polar surface area (TPSA) is 79.2 Å². The van der Waals surface area contributed by atoms with E-state index in [0.717, 1.165) is 11.1 Å². The van der Waals surface area contributed by atoms with E-state index in [1.54, 1.807) is 12.1 Å². The lowest BCUT2D eigenvalue weighted by molar-refractivity contribution is -0.242. The number of hydrogen-bond donors (Lipinski definition) is 3. The van der Waals surface area contributed by atoms with Crippen LogP contribution in [-0.4, -0.2) is 46.5 Å². The fourth-order valence-electron chi connectivity index (χ4n) is 2.80. The van der Waals surface area contributed by atoms with Gasteiger partial charge in [-0.25, -0.2) is 0 Å². The van der Waals surface area contributed by atoms with Crippen LogP contribution in [0.3, 0.4) is 0 Å². The van der Waals surface area contributed by atoms with Gasteiger partial charge in [-0.15, -0.1) is 0 Å². The molecule has 5 nitrogen and oxygen atoms in total. The molecule has 134 valence electrons. The predicted molar refractivity (Wildman–Crippen MR) is 94.4 cm³/mol. The summed E-state index contributed by atoms with van der Waals surface area (Å²) < 4.78 is 10.8. The molecule has 0 radical (unpaired) electrons. The van der Waals surface area contributed by atoms with E-state index in [1.807, 2.05) is 12.1 Å². The fourth-order valence-corrected chi connectivity index (χ4v) is 2.80. The maximum absolute atomic E-state index is 9.91. The minimum Gasteiger partial charge on any atom is -0.462 e. The minimum absolute atomic E-state index is 0.0802. The van der Waals surface area contributed by atoms with Crippen LogP contribution in [-0.2, 0) is 4.74 Å². The Morgan fingerprint density at radius 3 is 2.00 bits per heavy atom. The van der Waals surface area contributed by atoms with E-state index in [-0.39, 0.29) is 6.61 Å². The summed E-state index contributed by atoms with van der Waals surface area (Å²) in [5, 5.41) is 29.1. The second-order valence-electron chi connectivity index (χ2n) is 6.67. The van der Waals surface area contributed by atoms with Crippen molar-refractivity contribution in [2.75, 3.05) is 6.61 Å². The molecule has 1 aliphatic heterocycles. The van der Waals surface area contributed by atoms with E-state index in [2.05, 4.69) is 38.1 Å². The Hall–Kier alpha value is -1.92. The standard InChI is InChI=1S/C20H24O5/c1-12(2)13-3-5-14(6-4-13)15-7-9-16(10-8-15)25-20-19(23)18(22)17(21)11-24-20/h3-10,12,17-23H,11H2,1-2H3/t17-,18-,19+,20+/m0/s1. The average Bonchev–Trinajstić information content (AvgIpc) is 2.63. The largest absolute Gasteiger partial charge is 0.462 e. The van der Waals surface area contributed by atoms with Crippen molar-refractivity contribution in [1.29, 1.82) is 0 Å². The summed E-state index contributed by atoms with van der Waals surface area (Å²) in [6, 6.07) is 15.9. The molecule has 4 atom stereocenters. The molecule has 0 spiro atoms. The van der Waals surface area contributed by atoms with Crippen molar-refractivity contribution in [2.24, 2.45) is 0 Å². The van der Waals surface area contributed by atoms with Gasteiger partial charge in [-0.1, -0.05) is 50.2 Å². The molecule has 25 heavy (non-hydrogen) atoms. The molecule has 0 saturated carbocycles. The Kier molecular flexibility index (Phi) is 5.39. The smallest absolute Gasteiger partial charge is 0.228 e. The van der Waals surface area contributed by atoms with Gasteiger partial charge in [-0.2, -0.15) is 0 Å². The molecule has 0 bridgehead atoms. The third-order valence-electron chi connectivity index (χ3n) is 4.47. The lowest BCUT2D eigenvalue weighted by atomic mass is 9.99. The van der Waals surface area contributed by atoms with E-state index in [1.165, 1.54) is 5.56 Å². The molecule has 3 N–H and O–H groups in total. The van der Waals surface area contributed by atoms with Gasteiger partial charge in [0.1, 0.15) is 24.1 Å². The molecule has 1 heterocycles. The van der Waals surface area contributed by atoms with Gasteiger partial charge < -0.3 is 24.8 Å². The third-order valence-corrected chi connectivity index (χ3v) is 4.47.